The van der Waals surface area contributed by atoms with Crippen molar-refractivity contribution in [2.75, 3.05) is 13.7 Å². The lowest BCUT2D eigenvalue weighted by Gasteiger charge is -2.09. The summed E-state index contributed by atoms with van der Waals surface area (Å²) in [4.78, 5) is 0. The molecule has 1 atom stereocenters. The van der Waals surface area contributed by atoms with E-state index in [1.54, 1.807) is 0 Å². The molecule has 1 aromatic heterocycles. The first-order valence-electron chi connectivity index (χ1n) is 8.35. The van der Waals surface area contributed by atoms with Crippen molar-refractivity contribution >= 4 is 22.6 Å². The molecular formula is C20H22ClNO3. The van der Waals surface area contributed by atoms with Crippen LogP contribution in [0.2, 0.25) is 5.02 Å². The van der Waals surface area contributed by atoms with Gasteiger partial charge in [0, 0.05) is 11.5 Å². The van der Waals surface area contributed by atoms with Gasteiger partial charge in [-0.05, 0) is 50.7 Å². The van der Waals surface area contributed by atoms with Crippen molar-refractivity contribution in [1.29, 1.82) is 0 Å². The molecular weight excluding hydrogens is 338 g/mol. The van der Waals surface area contributed by atoms with Crippen LogP contribution in [0.1, 0.15) is 31.2 Å². The summed E-state index contributed by atoms with van der Waals surface area (Å²) in [6.45, 7) is 5.09. The number of halogens is 1. The minimum absolute atomic E-state index is 0.138. The highest BCUT2D eigenvalue weighted by molar-refractivity contribution is 6.32. The third-order valence-corrected chi connectivity index (χ3v) is 4.37. The highest BCUT2D eigenvalue weighted by Gasteiger charge is 2.13. The summed E-state index contributed by atoms with van der Waals surface area (Å²) in [6, 6.07) is 13.7. The normalized spacial score (nSPS) is 12.3. The molecule has 0 aliphatic heterocycles. The molecule has 132 valence electrons. The Morgan fingerprint density at radius 2 is 1.88 bits per heavy atom. The van der Waals surface area contributed by atoms with Gasteiger partial charge in [0.1, 0.15) is 29.4 Å². The molecule has 0 aliphatic carbocycles. The van der Waals surface area contributed by atoms with Gasteiger partial charge in [-0.1, -0.05) is 23.7 Å². The van der Waals surface area contributed by atoms with Crippen LogP contribution in [0, 0.1) is 0 Å². The number of furan rings is 1. The molecule has 0 amide bonds. The monoisotopic (exact) mass is 359 g/mol. The molecule has 0 fully saturated rings. The third kappa shape index (κ3) is 4.09. The fourth-order valence-electron chi connectivity index (χ4n) is 2.54. The molecule has 25 heavy (non-hydrogen) atoms. The van der Waals surface area contributed by atoms with Crippen LogP contribution in [0.3, 0.4) is 0 Å². The summed E-state index contributed by atoms with van der Waals surface area (Å²) >= 11 is 6.36. The second-order valence-electron chi connectivity index (χ2n) is 5.85. The molecule has 4 nitrogen and oxygen atoms in total. The molecule has 0 aliphatic rings. The summed E-state index contributed by atoms with van der Waals surface area (Å²) in [5.74, 6) is 2.34. The van der Waals surface area contributed by atoms with Gasteiger partial charge in [-0.25, -0.2) is 0 Å². The smallest absolute Gasteiger partial charge is 0.142 e. The lowest BCUT2D eigenvalue weighted by atomic mass is 10.2. The molecule has 3 aromatic rings. The third-order valence-electron chi connectivity index (χ3n) is 4.08. The van der Waals surface area contributed by atoms with Gasteiger partial charge in [0.25, 0.3) is 0 Å². The van der Waals surface area contributed by atoms with Gasteiger partial charge in [-0.15, -0.1) is 0 Å². The lowest BCUT2D eigenvalue weighted by molar-refractivity contribution is 0.305. The molecule has 0 saturated carbocycles. The van der Waals surface area contributed by atoms with Crippen molar-refractivity contribution in [3.05, 3.63) is 58.8 Å². The van der Waals surface area contributed by atoms with Crippen LogP contribution in [0.15, 0.2) is 46.9 Å². The lowest BCUT2D eigenvalue weighted by Crippen LogP contribution is -2.10. The predicted octanol–water partition coefficient (Wildman–Crippen LogP) is 5.34. The van der Waals surface area contributed by atoms with Crippen molar-refractivity contribution < 1.29 is 13.9 Å². The second kappa shape index (κ2) is 7.81. The Kier molecular flexibility index (Phi) is 5.51. The van der Waals surface area contributed by atoms with E-state index in [9.17, 15) is 0 Å². The molecule has 1 unspecified atom stereocenters. The molecule has 3 rings (SSSR count). The van der Waals surface area contributed by atoms with Gasteiger partial charge in [0.15, 0.2) is 0 Å². The minimum Gasteiger partial charge on any atom is -0.494 e. The van der Waals surface area contributed by atoms with Crippen molar-refractivity contribution in [2.45, 2.75) is 26.5 Å². The van der Waals surface area contributed by atoms with Crippen LogP contribution in [0.25, 0.3) is 11.0 Å². The van der Waals surface area contributed by atoms with Crippen molar-refractivity contribution in [3.63, 3.8) is 0 Å². The quantitative estimate of drug-likeness (QED) is 0.618. The van der Waals surface area contributed by atoms with Gasteiger partial charge in [0.05, 0.1) is 17.7 Å². The zero-order chi connectivity index (χ0) is 17.8. The average Bonchev–Trinajstić information content (AvgIpc) is 3.03. The number of nitrogens with one attached hydrogen (secondary N) is 1. The number of fused-ring (bicyclic) bond motifs is 1. The van der Waals surface area contributed by atoms with Crippen LogP contribution in [-0.2, 0) is 6.61 Å². The van der Waals surface area contributed by atoms with Crippen LogP contribution >= 0.6 is 11.6 Å². The summed E-state index contributed by atoms with van der Waals surface area (Å²) in [7, 11) is 1.90. The molecule has 2 aromatic carbocycles. The fraction of sp³-hybridized carbons (Fsp3) is 0.300. The zero-order valence-corrected chi connectivity index (χ0v) is 15.4. The Bertz CT molecular complexity index is 842. The van der Waals surface area contributed by atoms with E-state index in [0.717, 1.165) is 28.0 Å². The van der Waals surface area contributed by atoms with E-state index in [0.29, 0.717) is 24.0 Å². The largest absolute Gasteiger partial charge is 0.494 e. The molecule has 5 heteroatoms. The highest BCUT2D eigenvalue weighted by atomic mass is 35.5. The Morgan fingerprint density at radius 3 is 2.56 bits per heavy atom. The maximum absolute atomic E-state index is 6.36. The Balaban J connectivity index is 1.75. The summed E-state index contributed by atoms with van der Waals surface area (Å²) in [5, 5.41) is 4.70. The first kappa shape index (κ1) is 17.6. The minimum atomic E-state index is 0.138. The number of rotatable bonds is 7. The topological polar surface area (TPSA) is 43.6 Å². The van der Waals surface area contributed by atoms with Gasteiger partial charge in [0.2, 0.25) is 0 Å². The molecule has 1 heterocycles. The standard InChI is InChI=1S/C20H22ClNO3/c1-4-23-16-7-5-14(6-8-16)12-24-20-11-19-15(9-17(20)21)10-18(25-19)13(2)22-3/h5-11,13,22H,4,12H2,1-3H3. The molecule has 0 bridgehead atoms. The second-order valence-corrected chi connectivity index (χ2v) is 6.25. The zero-order valence-electron chi connectivity index (χ0n) is 14.6. The van der Waals surface area contributed by atoms with Crippen molar-refractivity contribution in [2.24, 2.45) is 0 Å². The van der Waals surface area contributed by atoms with Gasteiger partial charge in [-0.3, -0.25) is 0 Å². The summed E-state index contributed by atoms with van der Waals surface area (Å²) in [5.41, 5.74) is 1.81. The van der Waals surface area contributed by atoms with E-state index < -0.39 is 0 Å². The van der Waals surface area contributed by atoms with Crippen LogP contribution in [0.5, 0.6) is 11.5 Å². The Morgan fingerprint density at radius 1 is 1.12 bits per heavy atom. The van der Waals surface area contributed by atoms with Gasteiger partial charge in [-0.2, -0.15) is 0 Å². The van der Waals surface area contributed by atoms with Crippen LogP contribution in [0.4, 0.5) is 0 Å². The maximum Gasteiger partial charge on any atom is 0.142 e. The Labute approximate surface area is 152 Å². The fourth-order valence-corrected chi connectivity index (χ4v) is 2.76. The molecule has 1 N–H and O–H groups in total. The highest BCUT2D eigenvalue weighted by Crippen LogP contribution is 2.33. The first-order chi connectivity index (χ1) is 12.1. The van der Waals surface area contributed by atoms with E-state index in [2.05, 4.69) is 5.32 Å². The van der Waals surface area contributed by atoms with E-state index in [1.807, 2.05) is 63.4 Å². The number of hydrogen-bond donors (Lipinski definition) is 1. The molecule has 0 spiro atoms. The van der Waals surface area contributed by atoms with E-state index in [-0.39, 0.29) is 6.04 Å². The van der Waals surface area contributed by atoms with E-state index in [1.165, 1.54) is 0 Å². The number of ether oxygens (including phenoxy) is 2. The van der Waals surface area contributed by atoms with Crippen molar-refractivity contribution in [3.8, 4) is 11.5 Å². The predicted molar refractivity (Wildman–Crippen MR) is 101 cm³/mol. The van der Waals surface area contributed by atoms with Gasteiger partial charge < -0.3 is 19.2 Å². The van der Waals surface area contributed by atoms with Gasteiger partial charge >= 0.3 is 0 Å². The molecule has 0 saturated heterocycles. The summed E-state index contributed by atoms with van der Waals surface area (Å²) in [6.07, 6.45) is 0. The maximum atomic E-state index is 6.36. The Hall–Kier alpha value is -2.17. The number of hydrogen-bond acceptors (Lipinski definition) is 4. The average molecular weight is 360 g/mol. The number of benzene rings is 2. The van der Waals surface area contributed by atoms with E-state index in [4.69, 9.17) is 25.5 Å². The van der Waals surface area contributed by atoms with E-state index >= 15 is 0 Å². The first-order valence-corrected chi connectivity index (χ1v) is 8.73. The van der Waals surface area contributed by atoms with Crippen LogP contribution < -0.4 is 14.8 Å². The molecule has 0 radical (unpaired) electrons. The van der Waals surface area contributed by atoms with Crippen molar-refractivity contribution in [1.82, 2.24) is 5.32 Å². The SMILES string of the molecule is CCOc1ccc(COc2cc3oc(C(C)NC)cc3cc2Cl)cc1. The van der Waals surface area contributed by atoms with Crippen LogP contribution in [-0.4, -0.2) is 13.7 Å². The summed E-state index contributed by atoms with van der Waals surface area (Å²) < 4.78 is 17.2.